The lowest BCUT2D eigenvalue weighted by molar-refractivity contribution is -0.172. The molecule has 10 heteroatoms. The van der Waals surface area contributed by atoms with Crippen molar-refractivity contribution in [3.63, 3.8) is 0 Å². The number of para-hydroxylation sites is 1. The Kier molecular flexibility index (Phi) is 5.01. The van der Waals surface area contributed by atoms with Gasteiger partial charge in [0.05, 0.1) is 46.4 Å². The van der Waals surface area contributed by atoms with Crippen molar-refractivity contribution >= 4 is 34.4 Å². The minimum absolute atomic E-state index is 0.0985. The van der Waals surface area contributed by atoms with Crippen LogP contribution >= 0.6 is 11.3 Å². The Morgan fingerprint density at radius 2 is 2.23 bits per heavy atom. The number of thiazole rings is 1. The number of rotatable bonds is 5. The predicted octanol–water partition coefficient (Wildman–Crippen LogP) is 3.09. The fraction of sp³-hybridized carbons (Fsp3) is 0.240. The van der Waals surface area contributed by atoms with E-state index < -0.39 is 11.6 Å². The Labute approximate surface area is 203 Å². The summed E-state index contributed by atoms with van der Waals surface area (Å²) in [7, 11) is 0. The molecule has 0 fully saturated rings. The molecule has 5 heterocycles. The fourth-order valence-electron chi connectivity index (χ4n) is 4.64. The lowest BCUT2D eigenvalue weighted by Crippen LogP contribution is -2.44. The molecule has 0 radical (unpaired) electrons. The second kappa shape index (κ2) is 8.10. The number of carbonyl (C=O) groups is 1. The molecule has 1 N–H and O–H groups in total. The summed E-state index contributed by atoms with van der Waals surface area (Å²) in [6, 6.07) is 9.46. The van der Waals surface area contributed by atoms with Crippen molar-refractivity contribution in [2.45, 2.75) is 38.7 Å². The Hall–Kier alpha value is -3.89. The van der Waals surface area contributed by atoms with Crippen molar-refractivity contribution in [3.8, 4) is 11.4 Å². The van der Waals surface area contributed by atoms with Gasteiger partial charge in [0.1, 0.15) is 6.61 Å². The summed E-state index contributed by atoms with van der Waals surface area (Å²) in [5, 5.41) is 17.9. The summed E-state index contributed by atoms with van der Waals surface area (Å²) >= 11 is 1.49. The summed E-state index contributed by atoms with van der Waals surface area (Å²) in [5.74, 6) is -0.738. The third-order valence-electron chi connectivity index (χ3n) is 6.53. The van der Waals surface area contributed by atoms with E-state index in [0.717, 1.165) is 22.2 Å². The smallest absolute Gasteiger partial charge is 0.343 e. The summed E-state index contributed by atoms with van der Waals surface area (Å²) in [6.45, 7) is 2.16. The van der Waals surface area contributed by atoms with Crippen molar-refractivity contribution in [1.29, 1.82) is 0 Å². The molecular formula is C25H20N4O5S. The summed E-state index contributed by atoms with van der Waals surface area (Å²) in [5.41, 5.74) is 4.57. The molecule has 0 amide bonds. The first-order chi connectivity index (χ1) is 17.0. The van der Waals surface area contributed by atoms with Crippen molar-refractivity contribution < 1.29 is 19.5 Å². The molecule has 0 saturated heterocycles. The highest BCUT2D eigenvalue weighted by Crippen LogP contribution is 2.38. The molecule has 2 aliphatic rings. The van der Waals surface area contributed by atoms with Gasteiger partial charge < -0.3 is 19.2 Å². The van der Waals surface area contributed by atoms with E-state index in [1.165, 1.54) is 11.3 Å². The van der Waals surface area contributed by atoms with Crippen LogP contribution in [-0.4, -0.2) is 31.8 Å². The first-order valence-corrected chi connectivity index (χ1v) is 12.1. The Morgan fingerprint density at radius 3 is 3.03 bits per heavy atom. The number of nitrogens with zero attached hydrogens (tertiary/aromatic N) is 4. The number of hydrogen-bond acceptors (Lipinski definition) is 9. The highest BCUT2D eigenvalue weighted by atomic mass is 32.1. The van der Waals surface area contributed by atoms with Crippen molar-refractivity contribution in [1.82, 2.24) is 14.5 Å². The van der Waals surface area contributed by atoms with E-state index in [9.17, 15) is 14.7 Å². The monoisotopic (exact) mass is 488 g/mol. The second-order valence-electron chi connectivity index (χ2n) is 8.51. The van der Waals surface area contributed by atoms with Crippen LogP contribution < -0.4 is 5.56 Å². The predicted molar refractivity (Wildman–Crippen MR) is 129 cm³/mol. The number of oxime groups is 1. The molecule has 1 aromatic carbocycles. The Bertz CT molecular complexity index is 1580. The van der Waals surface area contributed by atoms with Gasteiger partial charge in [0.15, 0.2) is 12.2 Å². The minimum atomic E-state index is -1.85. The molecule has 2 aliphatic heterocycles. The number of ether oxygens (including phenoxy) is 1. The first kappa shape index (κ1) is 21.6. The Morgan fingerprint density at radius 1 is 1.34 bits per heavy atom. The Balaban J connectivity index is 1.43. The number of aliphatic hydroxyl groups is 1. The molecule has 0 bridgehead atoms. The van der Waals surface area contributed by atoms with E-state index in [0.29, 0.717) is 34.6 Å². The number of carbonyl (C=O) groups excluding carboxylic acids is 1. The number of cyclic esters (lactones) is 1. The number of pyridine rings is 2. The highest BCUT2D eigenvalue weighted by Gasteiger charge is 2.45. The van der Waals surface area contributed by atoms with Crippen LogP contribution in [0.15, 0.2) is 51.2 Å². The van der Waals surface area contributed by atoms with E-state index >= 15 is 0 Å². The van der Waals surface area contributed by atoms with E-state index in [4.69, 9.17) is 14.6 Å². The van der Waals surface area contributed by atoms with Gasteiger partial charge in [0.25, 0.3) is 5.56 Å². The molecule has 0 aliphatic carbocycles. The van der Waals surface area contributed by atoms with Crippen molar-refractivity contribution in [3.05, 3.63) is 79.5 Å². The molecule has 3 aromatic heterocycles. The van der Waals surface area contributed by atoms with Crippen LogP contribution in [0.4, 0.5) is 0 Å². The van der Waals surface area contributed by atoms with Crippen LogP contribution in [0.5, 0.6) is 0 Å². The lowest BCUT2D eigenvalue weighted by atomic mass is 9.86. The average molecular weight is 489 g/mol. The van der Waals surface area contributed by atoms with Gasteiger partial charge in [-0.3, -0.25) is 4.79 Å². The van der Waals surface area contributed by atoms with Gasteiger partial charge in [-0.25, -0.2) is 14.8 Å². The molecule has 6 rings (SSSR count). The van der Waals surface area contributed by atoms with Crippen LogP contribution in [-0.2, 0) is 39.7 Å². The van der Waals surface area contributed by atoms with Crippen LogP contribution in [0.3, 0.4) is 0 Å². The SMILES string of the molecule is CC[C@@]1(O)C(=O)OCc2c1cc1n(c2=O)Cc2cc3cccc(/C=N/OCc4cscn4)c3nc2-1. The van der Waals surface area contributed by atoms with Gasteiger partial charge in [0.2, 0.25) is 0 Å². The topological polar surface area (TPSA) is 116 Å². The molecular weight excluding hydrogens is 468 g/mol. The third-order valence-corrected chi connectivity index (χ3v) is 7.17. The van der Waals surface area contributed by atoms with E-state index in [2.05, 4.69) is 10.1 Å². The van der Waals surface area contributed by atoms with Crippen molar-refractivity contribution in [2.75, 3.05) is 0 Å². The summed E-state index contributed by atoms with van der Waals surface area (Å²) in [4.78, 5) is 40.1. The van der Waals surface area contributed by atoms with Crippen molar-refractivity contribution in [2.24, 2.45) is 5.16 Å². The molecule has 0 unspecified atom stereocenters. The highest BCUT2D eigenvalue weighted by molar-refractivity contribution is 7.07. The molecule has 35 heavy (non-hydrogen) atoms. The van der Waals surface area contributed by atoms with Crippen LogP contribution in [0.1, 0.15) is 41.3 Å². The van der Waals surface area contributed by atoms with Gasteiger partial charge in [-0.1, -0.05) is 30.3 Å². The molecule has 0 saturated carbocycles. The van der Waals surface area contributed by atoms with Gasteiger partial charge in [-0.15, -0.1) is 11.3 Å². The molecule has 176 valence electrons. The maximum absolute atomic E-state index is 13.3. The number of hydrogen-bond donors (Lipinski definition) is 1. The zero-order valence-corrected chi connectivity index (χ0v) is 19.5. The largest absolute Gasteiger partial charge is 0.458 e. The van der Waals surface area contributed by atoms with E-state index in [-0.39, 0.29) is 25.2 Å². The zero-order valence-electron chi connectivity index (χ0n) is 18.7. The number of esters is 1. The normalized spacial score (nSPS) is 18.4. The number of fused-ring (bicyclic) bond motifs is 5. The van der Waals surface area contributed by atoms with Gasteiger partial charge in [-0.2, -0.15) is 0 Å². The standard InChI is InChI=1S/C25H20N4O5S/c1-2-25(32)19-7-20-22-16(9-29(20)23(30)18(19)11-33-24(25)31)6-14-4-3-5-15(21(14)28-22)8-27-34-10-17-12-35-13-26-17/h3-8,12-13,32H,2,9-11H2,1H3/b27-8+/t25-/m0/s1. The maximum Gasteiger partial charge on any atom is 0.343 e. The quantitative estimate of drug-likeness (QED) is 0.230. The van der Waals surface area contributed by atoms with Gasteiger partial charge in [-0.05, 0) is 18.6 Å². The van der Waals surface area contributed by atoms with Gasteiger partial charge in [0, 0.05) is 27.5 Å². The molecule has 4 aromatic rings. The number of benzene rings is 1. The second-order valence-corrected chi connectivity index (χ2v) is 9.22. The first-order valence-electron chi connectivity index (χ1n) is 11.1. The summed E-state index contributed by atoms with van der Waals surface area (Å²) < 4.78 is 6.75. The zero-order chi connectivity index (χ0) is 24.2. The van der Waals surface area contributed by atoms with Crippen LogP contribution in [0.2, 0.25) is 0 Å². The minimum Gasteiger partial charge on any atom is -0.458 e. The third kappa shape index (κ3) is 3.36. The molecule has 0 spiro atoms. The molecule has 1 atom stereocenters. The summed E-state index contributed by atoms with van der Waals surface area (Å²) in [6.07, 6.45) is 1.70. The van der Waals surface area contributed by atoms with Gasteiger partial charge >= 0.3 is 5.97 Å². The van der Waals surface area contributed by atoms with E-state index in [1.807, 2.05) is 29.6 Å². The molecule has 9 nitrogen and oxygen atoms in total. The van der Waals surface area contributed by atoms with Crippen LogP contribution in [0.25, 0.3) is 22.3 Å². The maximum atomic E-state index is 13.3. The number of aromatic nitrogens is 3. The van der Waals surface area contributed by atoms with Crippen LogP contribution in [0, 0.1) is 0 Å². The fourth-order valence-corrected chi connectivity index (χ4v) is 5.18. The average Bonchev–Trinajstić information content (AvgIpc) is 3.51. The lowest BCUT2D eigenvalue weighted by Gasteiger charge is -2.31. The van der Waals surface area contributed by atoms with E-state index in [1.54, 1.807) is 29.3 Å².